The number of thioether (sulfide) groups is 1. The van der Waals surface area contributed by atoms with Crippen molar-refractivity contribution in [3.05, 3.63) is 24.3 Å². The van der Waals surface area contributed by atoms with Crippen molar-refractivity contribution in [3.8, 4) is 5.75 Å². The normalized spacial score (nSPS) is 19.8. The number of carbonyl (C=O) groups is 3. The fourth-order valence-electron chi connectivity index (χ4n) is 2.24. The molecular weight excluding hydrogens is 389 g/mol. The third-order valence-electron chi connectivity index (χ3n) is 3.39. The van der Waals surface area contributed by atoms with Gasteiger partial charge < -0.3 is 20.1 Å². The van der Waals surface area contributed by atoms with Gasteiger partial charge in [0.15, 0.2) is 0 Å². The maximum Gasteiger partial charge on any atom is 0.573 e. The van der Waals surface area contributed by atoms with E-state index in [-0.39, 0.29) is 24.5 Å². The SMILES string of the molecule is CCOC(=O)[C@H]1CS[C@@H](CC(=O)Nc2ccc(OC(F)(F)F)cc2)C(=O)N1. The van der Waals surface area contributed by atoms with E-state index in [1.165, 1.54) is 12.1 Å². The molecular formula is C16H17F3N2O5S. The molecule has 2 rings (SSSR count). The average Bonchev–Trinajstić information content (AvgIpc) is 2.57. The van der Waals surface area contributed by atoms with Crippen LogP contribution < -0.4 is 15.4 Å². The van der Waals surface area contributed by atoms with Crippen molar-refractivity contribution in [2.75, 3.05) is 17.7 Å². The van der Waals surface area contributed by atoms with E-state index < -0.39 is 41.2 Å². The molecule has 148 valence electrons. The molecule has 1 aliphatic heterocycles. The van der Waals surface area contributed by atoms with Gasteiger partial charge in [-0.2, -0.15) is 0 Å². The number of rotatable bonds is 6. The Kier molecular flexibility index (Phi) is 6.94. The van der Waals surface area contributed by atoms with Gasteiger partial charge in [-0.15, -0.1) is 24.9 Å². The summed E-state index contributed by atoms with van der Waals surface area (Å²) in [6.45, 7) is 1.86. The molecule has 1 aromatic rings. The van der Waals surface area contributed by atoms with Gasteiger partial charge in [0, 0.05) is 17.9 Å². The minimum atomic E-state index is -4.79. The number of hydrogen-bond donors (Lipinski definition) is 2. The number of alkyl halides is 3. The summed E-state index contributed by atoms with van der Waals surface area (Å²) in [5.74, 6) is -1.59. The van der Waals surface area contributed by atoms with E-state index in [0.717, 1.165) is 23.9 Å². The molecule has 2 amide bonds. The largest absolute Gasteiger partial charge is 0.573 e. The number of carbonyl (C=O) groups excluding carboxylic acids is 3. The van der Waals surface area contributed by atoms with Crippen LogP contribution in [-0.2, 0) is 19.1 Å². The summed E-state index contributed by atoms with van der Waals surface area (Å²) in [4.78, 5) is 35.7. The van der Waals surface area contributed by atoms with Crippen LogP contribution in [0.3, 0.4) is 0 Å². The molecule has 11 heteroatoms. The Morgan fingerprint density at radius 3 is 2.52 bits per heavy atom. The van der Waals surface area contributed by atoms with E-state index in [2.05, 4.69) is 15.4 Å². The van der Waals surface area contributed by atoms with E-state index in [1.54, 1.807) is 6.92 Å². The van der Waals surface area contributed by atoms with Crippen LogP contribution in [0.2, 0.25) is 0 Å². The molecule has 0 unspecified atom stereocenters. The molecule has 0 radical (unpaired) electrons. The van der Waals surface area contributed by atoms with Crippen molar-refractivity contribution in [3.63, 3.8) is 0 Å². The van der Waals surface area contributed by atoms with Crippen LogP contribution in [0.25, 0.3) is 0 Å². The second-order valence-electron chi connectivity index (χ2n) is 5.46. The lowest BCUT2D eigenvalue weighted by Crippen LogP contribution is -2.51. The van der Waals surface area contributed by atoms with Gasteiger partial charge >= 0.3 is 12.3 Å². The topological polar surface area (TPSA) is 93.7 Å². The monoisotopic (exact) mass is 406 g/mol. The Morgan fingerprint density at radius 2 is 1.96 bits per heavy atom. The zero-order valence-electron chi connectivity index (χ0n) is 14.2. The van der Waals surface area contributed by atoms with Crippen LogP contribution in [0.1, 0.15) is 13.3 Å². The molecule has 2 N–H and O–H groups in total. The van der Waals surface area contributed by atoms with Crippen molar-refractivity contribution in [1.29, 1.82) is 0 Å². The first-order valence-electron chi connectivity index (χ1n) is 7.92. The van der Waals surface area contributed by atoms with Gasteiger partial charge in [0.05, 0.1) is 11.9 Å². The molecule has 27 heavy (non-hydrogen) atoms. The number of benzene rings is 1. The van der Waals surface area contributed by atoms with E-state index in [1.807, 2.05) is 0 Å². The Bertz CT molecular complexity index is 696. The number of halogens is 3. The second-order valence-corrected chi connectivity index (χ2v) is 6.70. The summed E-state index contributed by atoms with van der Waals surface area (Å²) < 4.78 is 44.9. The number of ether oxygens (including phenoxy) is 2. The summed E-state index contributed by atoms with van der Waals surface area (Å²) in [7, 11) is 0. The summed E-state index contributed by atoms with van der Waals surface area (Å²) in [5, 5.41) is 4.33. The van der Waals surface area contributed by atoms with Gasteiger partial charge in [-0.1, -0.05) is 0 Å². The first-order valence-corrected chi connectivity index (χ1v) is 8.97. The zero-order valence-corrected chi connectivity index (χ0v) is 15.0. The molecule has 1 aliphatic rings. The number of anilines is 1. The molecule has 1 heterocycles. The lowest BCUT2D eigenvalue weighted by atomic mass is 10.2. The maximum absolute atomic E-state index is 12.1. The minimum Gasteiger partial charge on any atom is -0.464 e. The van der Waals surface area contributed by atoms with Gasteiger partial charge in [-0.05, 0) is 31.2 Å². The van der Waals surface area contributed by atoms with Crippen molar-refractivity contribution in [1.82, 2.24) is 5.32 Å². The lowest BCUT2D eigenvalue weighted by molar-refractivity contribution is -0.274. The summed E-state index contributed by atoms with van der Waals surface area (Å²) >= 11 is 1.16. The standard InChI is InChI=1S/C16H17F3N2O5S/c1-2-25-15(24)11-8-27-12(14(23)21-11)7-13(22)20-9-3-5-10(6-4-9)26-16(17,18)19/h3-6,11-12H,2,7-8H2,1H3,(H,20,22)(H,21,23)/t11-,12+/m1/s1. The third-order valence-corrected chi connectivity index (χ3v) is 4.70. The quantitative estimate of drug-likeness (QED) is 0.703. The smallest absolute Gasteiger partial charge is 0.464 e. The van der Waals surface area contributed by atoms with Crippen LogP contribution >= 0.6 is 11.8 Å². The molecule has 1 aromatic carbocycles. The minimum absolute atomic E-state index is 0.146. The predicted molar refractivity (Wildman–Crippen MR) is 91.2 cm³/mol. The number of nitrogens with one attached hydrogen (secondary N) is 2. The maximum atomic E-state index is 12.1. The Balaban J connectivity index is 1.84. The molecule has 0 aromatic heterocycles. The summed E-state index contributed by atoms with van der Waals surface area (Å²) in [6, 6.07) is 3.89. The zero-order chi connectivity index (χ0) is 20.0. The second kappa shape index (κ2) is 8.98. The van der Waals surface area contributed by atoms with Crippen LogP contribution in [0, 0.1) is 0 Å². The van der Waals surface area contributed by atoms with Gasteiger partial charge in [0.2, 0.25) is 11.8 Å². The van der Waals surface area contributed by atoms with Crippen LogP contribution in [0.4, 0.5) is 18.9 Å². The lowest BCUT2D eigenvalue weighted by Gasteiger charge is -2.27. The molecule has 0 bridgehead atoms. The number of amides is 2. The van der Waals surface area contributed by atoms with Gasteiger partial charge in [-0.25, -0.2) is 4.79 Å². The summed E-state index contributed by atoms with van der Waals surface area (Å²) in [5.41, 5.74) is 0.264. The highest BCUT2D eigenvalue weighted by Gasteiger charge is 2.34. The molecule has 2 atom stereocenters. The van der Waals surface area contributed by atoms with Crippen LogP contribution in [0.15, 0.2) is 24.3 Å². The van der Waals surface area contributed by atoms with E-state index >= 15 is 0 Å². The highest BCUT2D eigenvalue weighted by atomic mass is 32.2. The van der Waals surface area contributed by atoms with Crippen molar-refractivity contribution in [2.24, 2.45) is 0 Å². The first kappa shape index (κ1) is 20.9. The van der Waals surface area contributed by atoms with E-state index in [9.17, 15) is 27.6 Å². The Morgan fingerprint density at radius 1 is 1.30 bits per heavy atom. The van der Waals surface area contributed by atoms with Gasteiger partial charge in [0.1, 0.15) is 11.8 Å². The molecule has 0 aliphatic carbocycles. The van der Waals surface area contributed by atoms with Crippen LogP contribution in [0.5, 0.6) is 5.75 Å². The average molecular weight is 406 g/mol. The van der Waals surface area contributed by atoms with Crippen molar-refractivity contribution >= 4 is 35.2 Å². The highest BCUT2D eigenvalue weighted by Crippen LogP contribution is 2.25. The molecule has 7 nitrogen and oxygen atoms in total. The predicted octanol–water partition coefficient (Wildman–Crippen LogP) is 2.08. The van der Waals surface area contributed by atoms with Crippen LogP contribution in [-0.4, -0.2) is 47.8 Å². The van der Waals surface area contributed by atoms with Crippen molar-refractivity contribution < 1.29 is 37.0 Å². The molecule has 1 saturated heterocycles. The van der Waals surface area contributed by atoms with E-state index in [0.29, 0.717) is 0 Å². The molecule has 0 spiro atoms. The first-order chi connectivity index (χ1) is 12.7. The molecule has 1 fully saturated rings. The number of esters is 1. The van der Waals surface area contributed by atoms with Gasteiger partial charge in [0.25, 0.3) is 0 Å². The Hall–Kier alpha value is -2.43. The fourth-order valence-corrected chi connectivity index (χ4v) is 3.37. The van der Waals surface area contributed by atoms with Gasteiger partial charge in [-0.3, -0.25) is 9.59 Å². The number of hydrogen-bond acceptors (Lipinski definition) is 6. The van der Waals surface area contributed by atoms with Crippen molar-refractivity contribution in [2.45, 2.75) is 31.0 Å². The Labute approximate surface area is 157 Å². The summed E-state index contributed by atoms with van der Waals surface area (Å²) in [6.07, 6.45) is -4.94. The fraction of sp³-hybridized carbons (Fsp3) is 0.438. The third kappa shape index (κ3) is 6.66. The highest BCUT2D eigenvalue weighted by molar-refractivity contribution is 8.00. The molecule has 0 saturated carbocycles. The van der Waals surface area contributed by atoms with E-state index in [4.69, 9.17) is 4.74 Å².